The largest absolute Gasteiger partial charge is 0.472 e. The van der Waals surface area contributed by atoms with Gasteiger partial charge in [0.1, 0.15) is 19.3 Å². The van der Waals surface area contributed by atoms with Crippen molar-refractivity contribution >= 4 is 39.5 Å². The van der Waals surface area contributed by atoms with E-state index in [-0.39, 0.29) is 25.7 Å². The summed E-state index contributed by atoms with van der Waals surface area (Å²) in [5.74, 6) is 0.237. The summed E-state index contributed by atoms with van der Waals surface area (Å²) in [6.07, 6.45) is 56.8. The van der Waals surface area contributed by atoms with Crippen LogP contribution >= 0.6 is 15.6 Å². The van der Waals surface area contributed by atoms with Gasteiger partial charge in [0.25, 0.3) is 0 Å². The molecule has 0 radical (unpaired) electrons. The zero-order valence-corrected chi connectivity index (χ0v) is 66.0. The zero-order chi connectivity index (χ0) is 72.3. The van der Waals surface area contributed by atoms with Crippen molar-refractivity contribution in [2.45, 2.75) is 426 Å². The summed E-state index contributed by atoms with van der Waals surface area (Å²) in [5.41, 5.74) is 0. The van der Waals surface area contributed by atoms with Crippen LogP contribution in [0.1, 0.15) is 408 Å². The first-order chi connectivity index (χ1) is 47.3. The minimum absolute atomic E-state index is 0.107. The highest BCUT2D eigenvalue weighted by Crippen LogP contribution is 2.45. The van der Waals surface area contributed by atoms with Crippen LogP contribution in [0.25, 0.3) is 0 Å². The number of rotatable bonds is 77. The van der Waals surface area contributed by atoms with Crippen molar-refractivity contribution in [2.24, 2.45) is 17.8 Å². The number of aliphatic hydroxyl groups excluding tert-OH is 1. The zero-order valence-electron chi connectivity index (χ0n) is 64.3. The van der Waals surface area contributed by atoms with Gasteiger partial charge in [0, 0.05) is 25.7 Å². The van der Waals surface area contributed by atoms with Gasteiger partial charge in [-0.15, -0.1) is 0 Å². The number of carbonyl (C=O) groups excluding carboxylic acids is 4. The van der Waals surface area contributed by atoms with Crippen molar-refractivity contribution in [3.05, 3.63) is 0 Å². The molecule has 0 amide bonds. The van der Waals surface area contributed by atoms with Crippen molar-refractivity contribution in [3.8, 4) is 0 Å². The van der Waals surface area contributed by atoms with Gasteiger partial charge in [-0.05, 0) is 43.4 Å². The maximum absolute atomic E-state index is 13.1. The molecule has 0 aromatic rings. The maximum atomic E-state index is 13.1. The number of carbonyl (C=O) groups is 4. The average Bonchev–Trinajstić information content (AvgIpc) is 1.10. The van der Waals surface area contributed by atoms with Crippen molar-refractivity contribution in [1.29, 1.82) is 0 Å². The smallest absolute Gasteiger partial charge is 0.462 e. The molecule has 0 aliphatic carbocycles. The fourth-order valence-corrected chi connectivity index (χ4v) is 13.7. The summed E-state index contributed by atoms with van der Waals surface area (Å²) in [6.45, 7) is 11.9. The topological polar surface area (TPSA) is 237 Å². The van der Waals surface area contributed by atoms with E-state index in [0.717, 1.165) is 108 Å². The van der Waals surface area contributed by atoms with E-state index < -0.39 is 97.5 Å². The van der Waals surface area contributed by atoms with Gasteiger partial charge in [0.2, 0.25) is 0 Å². The SMILES string of the molecule is CCCCCCCCCCCCCCCC(=O)O[C@H](COC(=O)CCCCCCCCCC(C)C)COP(=O)(O)OC[C@H](O)COP(=O)(O)OC[C@@H](COC(=O)CCCCCCCCCCCCCCCCC(C)C)OC(=O)CCCCCCCCCCCCCCCCC(C)CC. The standard InChI is InChI=1S/C79H154O17P2/c1-8-10-11-12-13-14-15-20-28-33-40-48-55-62-78(83)96-75(67-90-77(82)61-54-47-42-35-37-44-51-58-71(5)6)69-94-98(87,88)92-65-73(80)64-91-97(85,86)93-68-74(66-89-76(81)60-53-46-39-32-27-23-18-16-21-25-30-36-43-50-57-70(3)4)95-79(84)63-56-49-41-34-29-24-19-17-22-26-31-38-45-52-59-72(7)9-2/h70-75,80H,8-69H2,1-7H3,(H,85,86)(H,87,88)/t72?,73-,74-,75-/m1/s1. The molecular weight excluding hydrogens is 1280 g/mol. The van der Waals surface area contributed by atoms with E-state index >= 15 is 0 Å². The molecule has 0 fully saturated rings. The summed E-state index contributed by atoms with van der Waals surface area (Å²) in [7, 11) is -9.92. The lowest BCUT2D eigenvalue weighted by Crippen LogP contribution is -2.30. The van der Waals surface area contributed by atoms with Crippen molar-refractivity contribution in [1.82, 2.24) is 0 Å². The molecule has 0 bridgehead atoms. The van der Waals surface area contributed by atoms with E-state index in [2.05, 4.69) is 48.5 Å². The first kappa shape index (κ1) is 96.1. The van der Waals surface area contributed by atoms with Gasteiger partial charge in [-0.2, -0.15) is 0 Å². The molecule has 3 unspecified atom stereocenters. The minimum Gasteiger partial charge on any atom is -0.462 e. The first-order valence-electron chi connectivity index (χ1n) is 40.9. The third kappa shape index (κ3) is 71.1. The molecule has 0 aliphatic heterocycles. The summed E-state index contributed by atoms with van der Waals surface area (Å²) < 4.78 is 68.6. The number of esters is 4. The van der Waals surface area contributed by atoms with Crippen LogP contribution in [0, 0.1) is 17.8 Å². The molecule has 0 aromatic heterocycles. The van der Waals surface area contributed by atoms with Crippen molar-refractivity contribution in [2.75, 3.05) is 39.6 Å². The average molecular weight is 1440 g/mol. The van der Waals surface area contributed by atoms with Crippen LogP contribution in [0.3, 0.4) is 0 Å². The second-order valence-corrected chi connectivity index (χ2v) is 32.6. The molecule has 0 saturated heterocycles. The molecule has 582 valence electrons. The van der Waals surface area contributed by atoms with Crippen molar-refractivity contribution in [3.63, 3.8) is 0 Å². The van der Waals surface area contributed by atoms with Gasteiger partial charge in [-0.25, -0.2) is 9.13 Å². The number of hydrogen-bond acceptors (Lipinski definition) is 15. The Bertz CT molecular complexity index is 1910. The lowest BCUT2D eigenvalue weighted by atomic mass is 9.99. The predicted molar refractivity (Wildman–Crippen MR) is 400 cm³/mol. The Morgan fingerprint density at radius 2 is 0.520 bits per heavy atom. The Morgan fingerprint density at radius 1 is 0.296 bits per heavy atom. The third-order valence-corrected chi connectivity index (χ3v) is 20.6. The third-order valence-electron chi connectivity index (χ3n) is 18.7. The summed E-state index contributed by atoms with van der Waals surface area (Å²) in [5, 5.41) is 10.6. The molecule has 19 heteroatoms. The lowest BCUT2D eigenvalue weighted by molar-refractivity contribution is -0.161. The number of phosphoric acid groups is 2. The minimum atomic E-state index is -4.96. The number of ether oxygens (including phenoxy) is 4. The monoisotopic (exact) mass is 1440 g/mol. The maximum Gasteiger partial charge on any atom is 0.472 e. The molecule has 98 heavy (non-hydrogen) atoms. The fraction of sp³-hybridized carbons (Fsp3) is 0.949. The van der Waals surface area contributed by atoms with Gasteiger partial charge in [0.15, 0.2) is 12.2 Å². The summed E-state index contributed by atoms with van der Waals surface area (Å²) in [6, 6.07) is 0. The van der Waals surface area contributed by atoms with Crippen molar-refractivity contribution < 1.29 is 80.2 Å². The molecule has 0 rings (SSSR count). The molecule has 0 spiro atoms. The second kappa shape index (κ2) is 69.4. The highest BCUT2D eigenvalue weighted by Gasteiger charge is 2.30. The summed E-state index contributed by atoms with van der Waals surface area (Å²) >= 11 is 0. The van der Waals surface area contributed by atoms with E-state index in [4.69, 9.17) is 37.0 Å². The molecule has 6 atom stereocenters. The number of hydrogen-bond donors (Lipinski definition) is 3. The van der Waals surface area contributed by atoms with Gasteiger partial charge >= 0.3 is 39.5 Å². The van der Waals surface area contributed by atoms with Crippen LogP contribution in [0.4, 0.5) is 0 Å². The highest BCUT2D eigenvalue weighted by atomic mass is 31.2. The van der Waals surface area contributed by atoms with Crippen LogP contribution in [0.2, 0.25) is 0 Å². The van der Waals surface area contributed by atoms with E-state index in [1.807, 2.05) is 0 Å². The van der Waals surface area contributed by atoms with Crippen LogP contribution < -0.4 is 0 Å². The normalized spacial score (nSPS) is 14.3. The van der Waals surface area contributed by atoms with Gasteiger partial charge in [-0.1, -0.05) is 357 Å². The van der Waals surface area contributed by atoms with E-state index in [0.29, 0.717) is 31.6 Å². The van der Waals surface area contributed by atoms with Gasteiger partial charge in [-0.3, -0.25) is 37.3 Å². The molecular formula is C79H154O17P2. The quantitative estimate of drug-likeness (QED) is 0.0222. The number of aliphatic hydroxyl groups is 1. The van der Waals surface area contributed by atoms with Gasteiger partial charge < -0.3 is 33.8 Å². The number of unbranched alkanes of at least 4 members (excludes halogenated alkanes) is 44. The Morgan fingerprint density at radius 3 is 0.776 bits per heavy atom. The number of phosphoric ester groups is 2. The highest BCUT2D eigenvalue weighted by molar-refractivity contribution is 7.47. The molecule has 17 nitrogen and oxygen atoms in total. The first-order valence-corrected chi connectivity index (χ1v) is 43.9. The van der Waals surface area contributed by atoms with E-state index in [9.17, 15) is 43.2 Å². The van der Waals surface area contributed by atoms with Crippen LogP contribution in [-0.2, 0) is 65.4 Å². The van der Waals surface area contributed by atoms with Crippen LogP contribution in [0.15, 0.2) is 0 Å². The van der Waals surface area contributed by atoms with E-state index in [1.54, 1.807) is 0 Å². The molecule has 0 heterocycles. The van der Waals surface area contributed by atoms with Crippen LogP contribution in [0.5, 0.6) is 0 Å². The van der Waals surface area contributed by atoms with Crippen LogP contribution in [-0.4, -0.2) is 96.7 Å². The fourth-order valence-electron chi connectivity index (χ4n) is 12.1. The predicted octanol–water partition coefficient (Wildman–Crippen LogP) is 23.4. The summed E-state index contributed by atoms with van der Waals surface area (Å²) in [4.78, 5) is 72.9. The lowest BCUT2D eigenvalue weighted by Gasteiger charge is -2.21. The molecule has 0 aromatic carbocycles. The Hall–Kier alpha value is -1.94. The molecule has 3 N–H and O–H groups in total. The Balaban J connectivity index is 5.25. The van der Waals surface area contributed by atoms with E-state index in [1.165, 1.54) is 212 Å². The van der Waals surface area contributed by atoms with Gasteiger partial charge in [0.05, 0.1) is 26.4 Å². The molecule has 0 saturated carbocycles. The molecule has 0 aliphatic rings. The Kier molecular flexibility index (Phi) is 68.1. The second-order valence-electron chi connectivity index (χ2n) is 29.6. The Labute approximate surface area is 600 Å².